The molecular weight excluding hydrogens is 170 g/mol. The Morgan fingerprint density at radius 2 is 1.67 bits per heavy atom. The van der Waals surface area contributed by atoms with Crippen molar-refractivity contribution in [3.8, 4) is 0 Å². The minimum atomic E-state index is 0.447. The van der Waals surface area contributed by atoms with Gasteiger partial charge in [-0.05, 0) is 38.8 Å². The first-order chi connectivity index (χ1) is 5.88. The Balaban J connectivity index is 1.89. The fourth-order valence-corrected chi connectivity index (χ4v) is 3.00. The van der Waals surface area contributed by atoms with Crippen LogP contribution in [0, 0.1) is 0 Å². The molecule has 1 saturated heterocycles. The summed E-state index contributed by atoms with van der Waals surface area (Å²) >= 11 is 6.27. The summed E-state index contributed by atoms with van der Waals surface area (Å²) in [5.41, 5.74) is 0. The second-order valence-corrected chi connectivity index (χ2v) is 4.67. The third-order valence-corrected chi connectivity index (χ3v) is 3.77. The average Bonchev–Trinajstić information content (AvgIpc) is 2.53. The maximum absolute atomic E-state index is 6.27. The van der Waals surface area contributed by atoms with Crippen LogP contribution >= 0.6 is 11.6 Å². The molecule has 2 aliphatic rings. The molecule has 12 heavy (non-hydrogen) atoms. The van der Waals surface area contributed by atoms with Crippen molar-refractivity contribution in [2.45, 2.75) is 49.9 Å². The summed E-state index contributed by atoms with van der Waals surface area (Å²) in [6.45, 7) is 2.60. The van der Waals surface area contributed by atoms with Gasteiger partial charge in [-0.2, -0.15) is 0 Å². The first kappa shape index (κ1) is 8.83. The van der Waals surface area contributed by atoms with E-state index in [0.717, 1.165) is 0 Å². The SMILES string of the molecule is ClC1CCCC1N1CCCCC1. The van der Waals surface area contributed by atoms with E-state index in [9.17, 15) is 0 Å². The Hall–Kier alpha value is 0.250. The number of hydrogen-bond donors (Lipinski definition) is 0. The summed E-state index contributed by atoms with van der Waals surface area (Å²) in [4.78, 5) is 2.62. The molecule has 0 amide bonds. The van der Waals surface area contributed by atoms with Crippen LogP contribution < -0.4 is 0 Å². The zero-order valence-electron chi connectivity index (χ0n) is 7.64. The van der Waals surface area contributed by atoms with Crippen LogP contribution in [0.15, 0.2) is 0 Å². The molecule has 0 bridgehead atoms. The average molecular weight is 188 g/mol. The summed E-state index contributed by atoms with van der Waals surface area (Å²) in [5.74, 6) is 0. The van der Waals surface area contributed by atoms with Crippen molar-refractivity contribution < 1.29 is 0 Å². The zero-order chi connectivity index (χ0) is 8.39. The molecule has 1 heterocycles. The molecule has 2 unspecified atom stereocenters. The summed E-state index contributed by atoms with van der Waals surface area (Å²) in [6, 6.07) is 0.715. The third-order valence-electron chi connectivity index (χ3n) is 3.26. The molecule has 0 aromatic heterocycles. The minimum Gasteiger partial charge on any atom is -0.299 e. The number of piperidine rings is 1. The number of likely N-dealkylation sites (tertiary alicyclic amines) is 1. The number of halogens is 1. The molecule has 0 N–H and O–H groups in total. The zero-order valence-corrected chi connectivity index (χ0v) is 8.39. The lowest BCUT2D eigenvalue weighted by molar-refractivity contribution is 0.167. The largest absolute Gasteiger partial charge is 0.299 e. The molecule has 2 fully saturated rings. The number of rotatable bonds is 1. The van der Waals surface area contributed by atoms with E-state index in [4.69, 9.17) is 11.6 Å². The second kappa shape index (κ2) is 3.97. The monoisotopic (exact) mass is 187 g/mol. The highest BCUT2D eigenvalue weighted by atomic mass is 35.5. The molecular formula is C10H18ClN. The van der Waals surface area contributed by atoms with E-state index in [1.807, 2.05) is 0 Å². The second-order valence-electron chi connectivity index (χ2n) is 4.11. The molecule has 2 rings (SSSR count). The molecule has 2 heteroatoms. The van der Waals surface area contributed by atoms with Gasteiger partial charge in [-0.15, -0.1) is 11.6 Å². The van der Waals surface area contributed by atoms with Crippen LogP contribution in [-0.2, 0) is 0 Å². The van der Waals surface area contributed by atoms with Gasteiger partial charge in [-0.25, -0.2) is 0 Å². The van der Waals surface area contributed by atoms with Gasteiger partial charge < -0.3 is 0 Å². The van der Waals surface area contributed by atoms with Crippen LogP contribution in [0.3, 0.4) is 0 Å². The Morgan fingerprint density at radius 1 is 0.917 bits per heavy atom. The van der Waals surface area contributed by atoms with Crippen LogP contribution in [0.4, 0.5) is 0 Å². The molecule has 1 saturated carbocycles. The lowest BCUT2D eigenvalue weighted by Crippen LogP contribution is -2.41. The molecule has 0 spiro atoms. The van der Waals surface area contributed by atoms with Crippen molar-refractivity contribution in [1.29, 1.82) is 0 Å². The predicted molar refractivity (Wildman–Crippen MR) is 52.7 cm³/mol. The fraction of sp³-hybridized carbons (Fsp3) is 1.00. The van der Waals surface area contributed by atoms with E-state index in [1.165, 1.54) is 51.6 Å². The molecule has 0 aromatic carbocycles. The van der Waals surface area contributed by atoms with Gasteiger partial charge in [0.1, 0.15) is 0 Å². The molecule has 1 aliphatic heterocycles. The first-order valence-electron chi connectivity index (χ1n) is 5.26. The third kappa shape index (κ3) is 1.77. The van der Waals surface area contributed by atoms with Crippen LogP contribution in [0.5, 0.6) is 0 Å². The highest BCUT2D eigenvalue weighted by Crippen LogP contribution is 2.30. The topological polar surface area (TPSA) is 3.24 Å². The van der Waals surface area contributed by atoms with E-state index in [2.05, 4.69) is 4.90 Å². The van der Waals surface area contributed by atoms with Crippen molar-refractivity contribution in [2.24, 2.45) is 0 Å². The van der Waals surface area contributed by atoms with Crippen LogP contribution in [0.25, 0.3) is 0 Å². The highest BCUT2D eigenvalue weighted by molar-refractivity contribution is 6.21. The molecule has 0 aromatic rings. The molecule has 2 atom stereocenters. The summed E-state index contributed by atoms with van der Waals surface area (Å²) in [7, 11) is 0. The van der Waals surface area contributed by atoms with Gasteiger partial charge in [0.15, 0.2) is 0 Å². The van der Waals surface area contributed by atoms with Gasteiger partial charge in [0.2, 0.25) is 0 Å². The van der Waals surface area contributed by atoms with Gasteiger partial charge >= 0.3 is 0 Å². The standard InChI is InChI=1S/C10H18ClN/c11-9-5-4-6-10(9)12-7-2-1-3-8-12/h9-10H,1-8H2. The number of hydrogen-bond acceptors (Lipinski definition) is 1. The summed E-state index contributed by atoms with van der Waals surface area (Å²) in [6.07, 6.45) is 8.13. The van der Waals surface area contributed by atoms with Crippen LogP contribution in [-0.4, -0.2) is 29.4 Å². The van der Waals surface area contributed by atoms with Crippen molar-refractivity contribution in [2.75, 3.05) is 13.1 Å². The lowest BCUT2D eigenvalue weighted by Gasteiger charge is -2.33. The van der Waals surface area contributed by atoms with Gasteiger partial charge in [0.25, 0.3) is 0 Å². The molecule has 70 valence electrons. The Labute approximate surface area is 80.1 Å². The maximum Gasteiger partial charge on any atom is 0.0491 e. The molecule has 1 nitrogen and oxygen atoms in total. The van der Waals surface area contributed by atoms with Gasteiger partial charge in [-0.3, -0.25) is 4.90 Å². The highest BCUT2D eigenvalue weighted by Gasteiger charge is 2.30. The molecule has 0 radical (unpaired) electrons. The van der Waals surface area contributed by atoms with Gasteiger partial charge in [0.05, 0.1) is 0 Å². The maximum atomic E-state index is 6.27. The van der Waals surface area contributed by atoms with Crippen LogP contribution in [0.2, 0.25) is 0 Å². The van der Waals surface area contributed by atoms with Crippen molar-refractivity contribution in [3.63, 3.8) is 0 Å². The normalized spacial score (nSPS) is 38.8. The summed E-state index contributed by atoms with van der Waals surface area (Å²) < 4.78 is 0. The van der Waals surface area contributed by atoms with Crippen molar-refractivity contribution >= 4 is 11.6 Å². The van der Waals surface area contributed by atoms with Crippen molar-refractivity contribution in [3.05, 3.63) is 0 Å². The van der Waals surface area contributed by atoms with E-state index in [1.54, 1.807) is 0 Å². The van der Waals surface area contributed by atoms with Crippen LogP contribution in [0.1, 0.15) is 38.5 Å². The predicted octanol–water partition coefficient (Wildman–Crippen LogP) is 2.63. The fourth-order valence-electron chi connectivity index (χ4n) is 2.56. The van der Waals surface area contributed by atoms with Gasteiger partial charge in [0, 0.05) is 11.4 Å². The van der Waals surface area contributed by atoms with Gasteiger partial charge in [-0.1, -0.05) is 12.8 Å². The van der Waals surface area contributed by atoms with E-state index < -0.39 is 0 Å². The van der Waals surface area contributed by atoms with E-state index in [-0.39, 0.29) is 0 Å². The van der Waals surface area contributed by atoms with Crippen molar-refractivity contribution in [1.82, 2.24) is 4.90 Å². The Kier molecular flexibility index (Phi) is 2.92. The van der Waals surface area contributed by atoms with E-state index >= 15 is 0 Å². The summed E-state index contributed by atoms with van der Waals surface area (Å²) in [5, 5.41) is 0.447. The first-order valence-corrected chi connectivity index (χ1v) is 5.70. The lowest BCUT2D eigenvalue weighted by atomic mass is 10.1. The quantitative estimate of drug-likeness (QED) is 0.571. The number of alkyl halides is 1. The Bertz CT molecular complexity index is 143. The Morgan fingerprint density at radius 3 is 2.25 bits per heavy atom. The van der Waals surface area contributed by atoms with E-state index in [0.29, 0.717) is 11.4 Å². The minimum absolute atomic E-state index is 0.447. The number of nitrogens with zero attached hydrogens (tertiary/aromatic N) is 1. The smallest absolute Gasteiger partial charge is 0.0491 e. The molecule has 1 aliphatic carbocycles.